The van der Waals surface area contributed by atoms with Crippen molar-refractivity contribution in [2.75, 3.05) is 11.1 Å². The number of anilines is 2. The second kappa shape index (κ2) is 5.10. The van der Waals surface area contributed by atoms with Gasteiger partial charge >= 0.3 is 0 Å². The molecule has 0 bridgehead atoms. The normalized spacial score (nSPS) is 10.3. The number of nitrogen functional groups attached to an aromatic ring is 1. The van der Waals surface area contributed by atoms with Crippen LogP contribution in [0.4, 0.5) is 15.8 Å². The molecule has 0 aliphatic heterocycles. The van der Waals surface area contributed by atoms with Gasteiger partial charge in [-0.1, -0.05) is 17.7 Å². The smallest absolute Gasteiger partial charge is 0.257 e. The van der Waals surface area contributed by atoms with E-state index in [2.05, 4.69) is 5.32 Å². The third-order valence-electron chi connectivity index (χ3n) is 2.88. The maximum atomic E-state index is 13.4. The van der Waals surface area contributed by atoms with Crippen molar-refractivity contribution >= 4 is 17.3 Å². The maximum Gasteiger partial charge on any atom is 0.257 e. The van der Waals surface area contributed by atoms with E-state index in [1.807, 2.05) is 13.0 Å². The van der Waals surface area contributed by atoms with Gasteiger partial charge in [0.05, 0.1) is 5.56 Å². The molecule has 3 nitrogen and oxygen atoms in total. The van der Waals surface area contributed by atoms with Crippen molar-refractivity contribution in [1.29, 1.82) is 0 Å². The fourth-order valence-corrected chi connectivity index (χ4v) is 1.74. The number of aryl methyl sites for hydroxylation is 2. The molecule has 2 rings (SSSR count). The number of rotatable bonds is 2. The van der Waals surface area contributed by atoms with Gasteiger partial charge in [-0.15, -0.1) is 0 Å². The van der Waals surface area contributed by atoms with Crippen LogP contribution in [0.15, 0.2) is 36.4 Å². The Labute approximate surface area is 111 Å². The molecule has 0 heterocycles. The summed E-state index contributed by atoms with van der Waals surface area (Å²) in [6, 6.07) is 9.78. The second-order valence-corrected chi connectivity index (χ2v) is 4.51. The van der Waals surface area contributed by atoms with Gasteiger partial charge in [-0.3, -0.25) is 4.79 Å². The summed E-state index contributed by atoms with van der Waals surface area (Å²) in [6.07, 6.45) is 0. The first-order valence-electron chi connectivity index (χ1n) is 5.91. The molecule has 3 N–H and O–H groups in total. The van der Waals surface area contributed by atoms with E-state index in [9.17, 15) is 9.18 Å². The molecule has 0 aromatic heterocycles. The first kappa shape index (κ1) is 13.1. The van der Waals surface area contributed by atoms with E-state index in [1.165, 1.54) is 6.07 Å². The molecule has 1 amide bonds. The Hall–Kier alpha value is -2.36. The summed E-state index contributed by atoms with van der Waals surface area (Å²) >= 11 is 0. The Morgan fingerprint density at radius 1 is 1.16 bits per heavy atom. The van der Waals surface area contributed by atoms with E-state index in [4.69, 9.17) is 5.73 Å². The molecule has 0 atom stereocenters. The summed E-state index contributed by atoms with van der Waals surface area (Å²) in [4.78, 5) is 12.1. The summed E-state index contributed by atoms with van der Waals surface area (Å²) in [5, 5.41) is 2.64. The molecule has 0 unspecified atom stereocenters. The number of hydrogen-bond donors (Lipinski definition) is 2. The third-order valence-corrected chi connectivity index (χ3v) is 2.88. The number of benzene rings is 2. The molecule has 98 valence electrons. The fourth-order valence-electron chi connectivity index (χ4n) is 1.74. The van der Waals surface area contributed by atoms with Crippen molar-refractivity contribution in [2.45, 2.75) is 13.8 Å². The molecular weight excluding hydrogens is 243 g/mol. The van der Waals surface area contributed by atoms with Crippen LogP contribution in [0.1, 0.15) is 21.5 Å². The molecule has 0 fully saturated rings. The van der Waals surface area contributed by atoms with Gasteiger partial charge < -0.3 is 11.1 Å². The first-order chi connectivity index (χ1) is 8.97. The van der Waals surface area contributed by atoms with Gasteiger partial charge in [-0.2, -0.15) is 0 Å². The lowest BCUT2D eigenvalue weighted by Gasteiger charge is -2.09. The van der Waals surface area contributed by atoms with Crippen molar-refractivity contribution in [3.8, 4) is 0 Å². The average Bonchev–Trinajstić information content (AvgIpc) is 2.36. The zero-order valence-corrected chi connectivity index (χ0v) is 10.8. The second-order valence-electron chi connectivity index (χ2n) is 4.51. The Balaban J connectivity index is 2.25. The Kier molecular flexibility index (Phi) is 3.51. The molecule has 19 heavy (non-hydrogen) atoms. The molecule has 0 saturated carbocycles. The van der Waals surface area contributed by atoms with E-state index in [-0.39, 0.29) is 11.7 Å². The van der Waals surface area contributed by atoms with Gasteiger partial charge in [-0.25, -0.2) is 4.39 Å². The van der Waals surface area contributed by atoms with Gasteiger partial charge in [0.15, 0.2) is 0 Å². The molecule has 2 aromatic carbocycles. The van der Waals surface area contributed by atoms with Crippen LogP contribution in [-0.4, -0.2) is 5.91 Å². The Morgan fingerprint density at radius 2 is 1.89 bits per heavy atom. The van der Waals surface area contributed by atoms with Crippen molar-refractivity contribution in [2.24, 2.45) is 0 Å². The monoisotopic (exact) mass is 258 g/mol. The third kappa shape index (κ3) is 2.91. The van der Waals surface area contributed by atoms with Crippen LogP contribution in [-0.2, 0) is 0 Å². The van der Waals surface area contributed by atoms with Gasteiger partial charge in [0.25, 0.3) is 5.91 Å². The quantitative estimate of drug-likeness (QED) is 0.812. The predicted octanol–water partition coefficient (Wildman–Crippen LogP) is 3.28. The van der Waals surface area contributed by atoms with Crippen LogP contribution in [0.2, 0.25) is 0 Å². The molecule has 0 radical (unpaired) electrons. The molecule has 0 aliphatic carbocycles. The SMILES string of the molecule is Cc1ccc(N)c(C(=O)Nc2ccc(C)c(F)c2)c1. The van der Waals surface area contributed by atoms with E-state index >= 15 is 0 Å². The van der Waals surface area contributed by atoms with Gasteiger partial charge in [-0.05, 0) is 43.7 Å². The summed E-state index contributed by atoms with van der Waals surface area (Å²) in [5.74, 6) is -0.695. The largest absolute Gasteiger partial charge is 0.398 e. The van der Waals surface area contributed by atoms with E-state index in [1.54, 1.807) is 31.2 Å². The number of nitrogens with one attached hydrogen (secondary N) is 1. The van der Waals surface area contributed by atoms with Crippen molar-refractivity contribution in [3.63, 3.8) is 0 Å². The molecule has 0 spiro atoms. The molecular formula is C15H15FN2O. The summed E-state index contributed by atoms with van der Waals surface area (Å²) in [7, 11) is 0. The van der Waals surface area contributed by atoms with Gasteiger partial charge in [0.1, 0.15) is 5.82 Å². The lowest BCUT2D eigenvalue weighted by Crippen LogP contribution is -2.14. The lowest BCUT2D eigenvalue weighted by molar-refractivity contribution is 0.102. The molecule has 0 aliphatic rings. The topological polar surface area (TPSA) is 55.1 Å². The summed E-state index contributed by atoms with van der Waals surface area (Å²) in [6.45, 7) is 3.54. The highest BCUT2D eigenvalue weighted by Gasteiger charge is 2.10. The minimum Gasteiger partial charge on any atom is -0.398 e. The molecule has 0 saturated heterocycles. The maximum absolute atomic E-state index is 13.4. The highest BCUT2D eigenvalue weighted by molar-refractivity contribution is 6.07. The minimum atomic E-state index is -0.352. The highest BCUT2D eigenvalue weighted by atomic mass is 19.1. The minimum absolute atomic E-state index is 0.343. The standard InChI is InChI=1S/C15H15FN2O/c1-9-3-6-14(17)12(7-9)15(19)18-11-5-4-10(2)13(16)8-11/h3-8H,17H2,1-2H3,(H,18,19). The zero-order chi connectivity index (χ0) is 14.0. The number of nitrogens with two attached hydrogens (primary N) is 1. The van der Waals surface area contributed by atoms with Gasteiger partial charge in [0, 0.05) is 11.4 Å². The highest BCUT2D eigenvalue weighted by Crippen LogP contribution is 2.18. The van der Waals surface area contributed by atoms with Crippen LogP contribution in [0.25, 0.3) is 0 Å². The number of carbonyl (C=O) groups is 1. The van der Waals surface area contributed by atoms with E-state index in [0.717, 1.165) is 5.56 Å². The zero-order valence-electron chi connectivity index (χ0n) is 10.8. The van der Waals surface area contributed by atoms with Crippen molar-refractivity contribution < 1.29 is 9.18 Å². The molecule has 4 heteroatoms. The summed E-state index contributed by atoms with van der Waals surface area (Å²) in [5.41, 5.74) is 8.44. The van der Waals surface area contributed by atoms with Crippen LogP contribution in [0.5, 0.6) is 0 Å². The fraction of sp³-hybridized carbons (Fsp3) is 0.133. The Morgan fingerprint density at radius 3 is 2.58 bits per heavy atom. The van der Waals surface area contributed by atoms with Crippen LogP contribution < -0.4 is 11.1 Å². The Bertz CT molecular complexity index is 638. The lowest BCUT2D eigenvalue weighted by atomic mass is 10.1. The average molecular weight is 258 g/mol. The van der Waals surface area contributed by atoms with Crippen molar-refractivity contribution in [1.82, 2.24) is 0 Å². The predicted molar refractivity (Wildman–Crippen MR) is 74.7 cm³/mol. The van der Waals surface area contributed by atoms with Crippen LogP contribution in [0, 0.1) is 19.7 Å². The number of amides is 1. The number of carbonyl (C=O) groups excluding carboxylic acids is 1. The first-order valence-corrected chi connectivity index (χ1v) is 5.91. The molecule has 2 aromatic rings. The van der Waals surface area contributed by atoms with Crippen LogP contribution >= 0.6 is 0 Å². The number of halogens is 1. The van der Waals surface area contributed by atoms with Crippen LogP contribution in [0.3, 0.4) is 0 Å². The summed E-state index contributed by atoms with van der Waals surface area (Å²) < 4.78 is 13.4. The van der Waals surface area contributed by atoms with E-state index < -0.39 is 0 Å². The number of hydrogen-bond acceptors (Lipinski definition) is 2. The van der Waals surface area contributed by atoms with Crippen molar-refractivity contribution in [3.05, 3.63) is 58.9 Å². The van der Waals surface area contributed by atoms with Gasteiger partial charge in [0.2, 0.25) is 0 Å². The van der Waals surface area contributed by atoms with E-state index in [0.29, 0.717) is 22.5 Å².